The predicted octanol–water partition coefficient (Wildman–Crippen LogP) is 1.96. The van der Waals surface area contributed by atoms with Crippen molar-refractivity contribution in [1.82, 2.24) is 10.3 Å². The first-order valence-corrected chi connectivity index (χ1v) is 6.02. The van der Waals surface area contributed by atoms with Gasteiger partial charge in [-0.05, 0) is 12.0 Å². The first-order chi connectivity index (χ1) is 8.82. The van der Waals surface area contributed by atoms with Crippen molar-refractivity contribution in [3.8, 4) is 0 Å². The molecule has 0 aliphatic rings. The second-order valence-electron chi connectivity index (χ2n) is 4.39. The Kier molecular flexibility index (Phi) is 5.23. The van der Waals surface area contributed by atoms with Crippen LogP contribution in [0.15, 0.2) is 12.3 Å². The first-order valence-electron chi connectivity index (χ1n) is 5.65. The topological polar surface area (TPSA) is 79.3 Å². The van der Waals surface area contributed by atoms with Gasteiger partial charge in [-0.1, -0.05) is 25.4 Å². The average Bonchev–Trinajstić information content (AvgIpc) is 2.31. The quantitative estimate of drug-likeness (QED) is 0.812. The number of hydrogen-bond donors (Lipinski definition) is 2. The first kappa shape index (κ1) is 15.4. The van der Waals surface area contributed by atoms with Crippen molar-refractivity contribution in [3.05, 3.63) is 28.8 Å². The summed E-state index contributed by atoms with van der Waals surface area (Å²) < 4.78 is 13.0. The van der Waals surface area contributed by atoms with Crippen LogP contribution in [0.5, 0.6) is 0 Å². The standard InChI is InChI=1S/C12H14ClFN2O3/c1-6(2)9(12(18)19)5-16-11(17)8-3-7(14)4-15-10(8)13/h3-4,6,9H,5H2,1-2H3,(H,16,17)(H,18,19). The van der Waals surface area contributed by atoms with Crippen molar-refractivity contribution in [2.45, 2.75) is 13.8 Å². The highest BCUT2D eigenvalue weighted by molar-refractivity contribution is 6.32. The molecule has 1 heterocycles. The molecule has 0 aromatic carbocycles. The van der Waals surface area contributed by atoms with E-state index >= 15 is 0 Å². The molecular formula is C12H14ClFN2O3. The third-order valence-electron chi connectivity index (χ3n) is 2.65. The summed E-state index contributed by atoms with van der Waals surface area (Å²) in [5.41, 5.74) is -0.116. The third kappa shape index (κ3) is 4.17. The Labute approximate surface area is 114 Å². The van der Waals surface area contributed by atoms with E-state index in [1.54, 1.807) is 13.8 Å². The molecule has 104 valence electrons. The normalized spacial score (nSPS) is 12.3. The molecule has 19 heavy (non-hydrogen) atoms. The molecule has 1 amide bonds. The molecule has 0 aliphatic heterocycles. The third-order valence-corrected chi connectivity index (χ3v) is 2.96. The monoisotopic (exact) mass is 288 g/mol. The Bertz CT molecular complexity index is 494. The zero-order chi connectivity index (χ0) is 14.6. The Morgan fingerprint density at radius 3 is 2.68 bits per heavy atom. The molecule has 0 radical (unpaired) electrons. The number of aliphatic carboxylic acids is 1. The van der Waals surface area contributed by atoms with Crippen LogP contribution in [0.3, 0.4) is 0 Å². The fourth-order valence-corrected chi connectivity index (χ4v) is 1.68. The van der Waals surface area contributed by atoms with E-state index in [0.29, 0.717) is 0 Å². The van der Waals surface area contributed by atoms with Crippen LogP contribution in [0.4, 0.5) is 4.39 Å². The lowest BCUT2D eigenvalue weighted by atomic mass is 9.96. The van der Waals surface area contributed by atoms with Crippen LogP contribution in [0.2, 0.25) is 5.15 Å². The lowest BCUT2D eigenvalue weighted by molar-refractivity contribution is -0.142. The highest BCUT2D eigenvalue weighted by Gasteiger charge is 2.23. The van der Waals surface area contributed by atoms with Gasteiger partial charge >= 0.3 is 5.97 Å². The minimum absolute atomic E-state index is 0.0569. The van der Waals surface area contributed by atoms with Crippen LogP contribution in [0.1, 0.15) is 24.2 Å². The van der Waals surface area contributed by atoms with Crippen LogP contribution in [-0.4, -0.2) is 28.5 Å². The number of nitrogens with zero attached hydrogens (tertiary/aromatic N) is 1. The van der Waals surface area contributed by atoms with Crippen LogP contribution in [0.25, 0.3) is 0 Å². The SMILES string of the molecule is CC(C)C(CNC(=O)c1cc(F)cnc1Cl)C(=O)O. The second-order valence-corrected chi connectivity index (χ2v) is 4.75. The van der Waals surface area contributed by atoms with Crippen LogP contribution in [0, 0.1) is 17.7 Å². The Morgan fingerprint density at radius 2 is 2.16 bits per heavy atom. The number of aromatic nitrogens is 1. The Morgan fingerprint density at radius 1 is 1.53 bits per heavy atom. The van der Waals surface area contributed by atoms with Crippen molar-refractivity contribution in [3.63, 3.8) is 0 Å². The molecule has 1 atom stereocenters. The molecule has 0 aliphatic carbocycles. The number of amides is 1. The average molecular weight is 289 g/mol. The van der Waals surface area contributed by atoms with Gasteiger partial charge < -0.3 is 10.4 Å². The number of carboxylic acid groups (broad SMARTS) is 1. The zero-order valence-corrected chi connectivity index (χ0v) is 11.2. The van der Waals surface area contributed by atoms with E-state index in [1.165, 1.54) is 0 Å². The molecule has 7 heteroatoms. The van der Waals surface area contributed by atoms with E-state index in [2.05, 4.69) is 10.3 Å². The largest absolute Gasteiger partial charge is 0.481 e. The van der Waals surface area contributed by atoms with Gasteiger partial charge in [0, 0.05) is 6.54 Å². The summed E-state index contributed by atoms with van der Waals surface area (Å²) >= 11 is 5.68. The summed E-state index contributed by atoms with van der Waals surface area (Å²) in [6.45, 7) is 3.42. The molecule has 2 N–H and O–H groups in total. The molecule has 1 rings (SSSR count). The minimum atomic E-state index is -1.00. The fourth-order valence-electron chi connectivity index (χ4n) is 1.49. The number of nitrogens with one attached hydrogen (secondary N) is 1. The molecular weight excluding hydrogens is 275 g/mol. The van der Waals surface area contributed by atoms with E-state index in [1.807, 2.05) is 0 Å². The van der Waals surface area contributed by atoms with Gasteiger partial charge in [0.05, 0.1) is 17.7 Å². The van der Waals surface area contributed by atoms with E-state index < -0.39 is 23.6 Å². The highest BCUT2D eigenvalue weighted by Crippen LogP contribution is 2.14. The van der Waals surface area contributed by atoms with Crippen molar-refractivity contribution in [2.24, 2.45) is 11.8 Å². The minimum Gasteiger partial charge on any atom is -0.481 e. The molecule has 0 bridgehead atoms. The van der Waals surface area contributed by atoms with Crippen molar-refractivity contribution in [1.29, 1.82) is 0 Å². The van der Waals surface area contributed by atoms with Crippen LogP contribution >= 0.6 is 11.6 Å². The Hall–Kier alpha value is -1.69. The summed E-state index contributed by atoms with van der Waals surface area (Å²) in [4.78, 5) is 26.2. The van der Waals surface area contributed by atoms with Crippen molar-refractivity contribution in [2.75, 3.05) is 6.54 Å². The van der Waals surface area contributed by atoms with Gasteiger partial charge in [0.2, 0.25) is 0 Å². The van der Waals surface area contributed by atoms with E-state index in [4.69, 9.17) is 16.7 Å². The summed E-state index contributed by atoms with van der Waals surface area (Å²) in [7, 11) is 0. The number of hydrogen-bond acceptors (Lipinski definition) is 3. The number of halogens is 2. The van der Waals surface area contributed by atoms with Crippen molar-refractivity contribution < 1.29 is 19.1 Å². The molecule has 1 aromatic heterocycles. The van der Waals surface area contributed by atoms with Gasteiger partial charge in [-0.25, -0.2) is 9.37 Å². The summed E-state index contributed by atoms with van der Waals surface area (Å²) in [5.74, 6) is -3.20. The van der Waals surface area contributed by atoms with Crippen molar-refractivity contribution >= 4 is 23.5 Å². The van der Waals surface area contributed by atoms with Gasteiger partial charge in [0.15, 0.2) is 0 Å². The maximum atomic E-state index is 13.0. The van der Waals surface area contributed by atoms with Gasteiger partial charge in [-0.15, -0.1) is 0 Å². The smallest absolute Gasteiger partial charge is 0.308 e. The van der Waals surface area contributed by atoms with E-state index in [-0.39, 0.29) is 23.2 Å². The predicted molar refractivity (Wildman–Crippen MR) is 67.5 cm³/mol. The van der Waals surface area contributed by atoms with Crippen LogP contribution in [-0.2, 0) is 4.79 Å². The van der Waals surface area contributed by atoms with E-state index in [0.717, 1.165) is 12.3 Å². The van der Waals surface area contributed by atoms with Gasteiger partial charge in [-0.2, -0.15) is 0 Å². The molecule has 0 saturated carbocycles. The summed E-state index contributed by atoms with van der Waals surface area (Å²) in [6.07, 6.45) is 0.896. The lowest BCUT2D eigenvalue weighted by Crippen LogP contribution is -2.35. The summed E-state index contributed by atoms with van der Waals surface area (Å²) in [5, 5.41) is 11.3. The summed E-state index contributed by atoms with van der Waals surface area (Å²) in [6, 6.07) is 0.954. The Balaban J connectivity index is 2.75. The maximum Gasteiger partial charge on any atom is 0.308 e. The van der Waals surface area contributed by atoms with E-state index in [9.17, 15) is 14.0 Å². The molecule has 5 nitrogen and oxygen atoms in total. The van der Waals surface area contributed by atoms with Gasteiger partial charge in [0.25, 0.3) is 5.91 Å². The molecule has 0 spiro atoms. The van der Waals surface area contributed by atoms with Gasteiger partial charge in [-0.3, -0.25) is 9.59 Å². The maximum absolute atomic E-state index is 13.0. The fraction of sp³-hybridized carbons (Fsp3) is 0.417. The number of carbonyl (C=O) groups is 2. The number of carboxylic acids is 1. The number of rotatable bonds is 5. The van der Waals surface area contributed by atoms with Crippen LogP contribution < -0.4 is 5.32 Å². The second kappa shape index (κ2) is 6.47. The number of carbonyl (C=O) groups excluding carboxylic acids is 1. The number of pyridine rings is 1. The molecule has 0 fully saturated rings. The lowest BCUT2D eigenvalue weighted by Gasteiger charge is -2.16. The molecule has 1 unspecified atom stereocenters. The van der Waals surface area contributed by atoms with Gasteiger partial charge in [0.1, 0.15) is 11.0 Å². The molecule has 1 aromatic rings. The molecule has 0 saturated heterocycles. The highest BCUT2D eigenvalue weighted by atomic mass is 35.5. The zero-order valence-electron chi connectivity index (χ0n) is 10.5.